The first-order valence-corrected chi connectivity index (χ1v) is 4.85. The van der Waals surface area contributed by atoms with Crippen molar-refractivity contribution in [1.82, 2.24) is 5.32 Å². The summed E-state index contributed by atoms with van der Waals surface area (Å²) in [5.41, 5.74) is 1.56. The highest BCUT2D eigenvalue weighted by atomic mass is 16.3. The SMILES string of the molecule is Cc1coc(C)c1C(=O)NCC(C)C. The Bertz CT molecular complexity index is 307. The minimum atomic E-state index is -0.0394. The van der Waals surface area contributed by atoms with Crippen molar-refractivity contribution in [3.63, 3.8) is 0 Å². The third kappa shape index (κ3) is 2.37. The van der Waals surface area contributed by atoms with E-state index in [9.17, 15) is 4.79 Å². The predicted molar refractivity (Wildman–Crippen MR) is 55.4 cm³/mol. The van der Waals surface area contributed by atoms with Gasteiger partial charge in [0.1, 0.15) is 5.76 Å². The Morgan fingerprint density at radius 1 is 1.50 bits per heavy atom. The van der Waals surface area contributed by atoms with Gasteiger partial charge in [0.25, 0.3) is 5.91 Å². The third-order valence-corrected chi connectivity index (χ3v) is 2.06. The lowest BCUT2D eigenvalue weighted by Crippen LogP contribution is -2.27. The first kappa shape index (κ1) is 10.8. The molecular weight excluding hydrogens is 178 g/mol. The van der Waals surface area contributed by atoms with Gasteiger partial charge in [0.15, 0.2) is 0 Å². The van der Waals surface area contributed by atoms with Gasteiger partial charge in [0.2, 0.25) is 0 Å². The molecule has 0 aliphatic rings. The molecule has 0 radical (unpaired) electrons. The quantitative estimate of drug-likeness (QED) is 0.804. The summed E-state index contributed by atoms with van der Waals surface area (Å²) in [6, 6.07) is 0. The van der Waals surface area contributed by atoms with Gasteiger partial charge in [0.05, 0.1) is 11.8 Å². The molecule has 14 heavy (non-hydrogen) atoms. The largest absolute Gasteiger partial charge is 0.469 e. The number of hydrogen-bond donors (Lipinski definition) is 1. The van der Waals surface area contributed by atoms with E-state index in [-0.39, 0.29) is 5.91 Å². The number of carbonyl (C=O) groups is 1. The minimum Gasteiger partial charge on any atom is -0.469 e. The van der Waals surface area contributed by atoms with E-state index >= 15 is 0 Å². The summed E-state index contributed by atoms with van der Waals surface area (Å²) in [7, 11) is 0. The molecule has 0 saturated carbocycles. The fourth-order valence-corrected chi connectivity index (χ4v) is 1.30. The van der Waals surface area contributed by atoms with Crippen LogP contribution in [0.4, 0.5) is 0 Å². The molecule has 0 aliphatic heterocycles. The molecule has 0 aromatic carbocycles. The van der Waals surface area contributed by atoms with Crippen molar-refractivity contribution in [2.75, 3.05) is 6.54 Å². The van der Waals surface area contributed by atoms with Crippen molar-refractivity contribution in [2.24, 2.45) is 5.92 Å². The predicted octanol–water partition coefficient (Wildman–Crippen LogP) is 2.28. The zero-order valence-electron chi connectivity index (χ0n) is 9.18. The highest BCUT2D eigenvalue weighted by molar-refractivity contribution is 5.96. The maximum absolute atomic E-state index is 11.7. The number of amides is 1. The van der Waals surface area contributed by atoms with E-state index in [2.05, 4.69) is 19.2 Å². The zero-order chi connectivity index (χ0) is 10.7. The van der Waals surface area contributed by atoms with Crippen molar-refractivity contribution in [3.05, 3.63) is 23.2 Å². The Labute approximate surface area is 84.5 Å². The second-order valence-corrected chi connectivity index (χ2v) is 3.95. The van der Waals surface area contributed by atoms with Gasteiger partial charge in [-0.1, -0.05) is 13.8 Å². The van der Waals surface area contributed by atoms with Crippen LogP contribution in [0.25, 0.3) is 0 Å². The Hall–Kier alpha value is -1.25. The lowest BCUT2D eigenvalue weighted by atomic mass is 10.1. The van der Waals surface area contributed by atoms with Gasteiger partial charge in [-0.15, -0.1) is 0 Å². The molecule has 0 saturated heterocycles. The first-order valence-electron chi connectivity index (χ1n) is 4.85. The van der Waals surface area contributed by atoms with Gasteiger partial charge in [0, 0.05) is 12.1 Å². The standard InChI is InChI=1S/C11H17NO2/c1-7(2)5-12-11(13)10-8(3)6-14-9(10)4/h6-7H,5H2,1-4H3,(H,12,13). The molecule has 1 N–H and O–H groups in total. The molecule has 0 spiro atoms. The summed E-state index contributed by atoms with van der Waals surface area (Å²) < 4.78 is 5.16. The summed E-state index contributed by atoms with van der Waals surface area (Å²) in [4.78, 5) is 11.7. The van der Waals surface area contributed by atoms with Crippen LogP contribution >= 0.6 is 0 Å². The molecule has 1 heterocycles. The number of furan rings is 1. The Kier molecular flexibility index (Phi) is 3.33. The fourth-order valence-electron chi connectivity index (χ4n) is 1.30. The molecule has 0 aliphatic carbocycles. The summed E-state index contributed by atoms with van der Waals surface area (Å²) in [6.45, 7) is 8.51. The van der Waals surface area contributed by atoms with E-state index in [1.807, 2.05) is 6.92 Å². The van der Waals surface area contributed by atoms with Crippen LogP contribution in [0.15, 0.2) is 10.7 Å². The topological polar surface area (TPSA) is 42.2 Å². The third-order valence-electron chi connectivity index (χ3n) is 2.06. The van der Waals surface area contributed by atoms with Crippen molar-refractivity contribution in [2.45, 2.75) is 27.7 Å². The molecule has 1 rings (SSSR count). The van der Waals surface area contributed by atoms with Crippen LogP contribution in [0.1, 0.15) is 35.5 Å². The van der Waals surface area contributed by atoms with Crippen molar-refractivity contribution in [1.29, 1.82) is 0 Å². The van der Waals surface area contributed by atoms with Crippen LogP contribution in [0.2, 0.25) is 0 Å². The summed E-state index contributed by atoms with van der Waals surface area (Å²) >= 11 is 0. The smallest absolute Gasteiger partial charge is 0.255 e. The summed E-state index contributed by atoms with van der Waals surface area (Å²) in [6.07, 6.45) is 1.61. The van der Waals surface area contributed by atoms with Gasteiger partial charge < -0.3 is 9.73 Å². The van der Waals surface area contributed by atoms with Gasteiger partial charge in [-0.05, 0) is 19.8 Å². The number of carbonyl (C=O) groups excluding carboxylic acids is 1. The molecule has 3 nitrogen and oxygen atoms in total. The molecule has 1 amide bonds. The van der Waals surface area contributed by atoms with Crippen LogP contribution in [-0.4, -0.2) is 12.5 Å². The van der Waals surface area contributed by atoms with E-state index in [4.69, 9.17) is 4.42 Å². The lowest BCUT2D eigenvalue weighted by Gasteiger charge is -2.07. The molecule has 1 aromatic rings. The van der Waals surface area contributed by atoms with Crippen LogP contribution in [0.3, 0.4) is 0 Å². The second kappa shape index (κ2) is 4.31. The normalized spacial score (nSPS) is 10.6. The van der Waals surface area contributed by atoms with E-state index in [1.165, 1.54) is 0 Å². The number of aryl methyl sites for hydroxylation is 2. The summed E-state index contributed by atoms with van der Waals surface area (Å²) in [5, 5.41) is 2.87. The van der Waals surface area contributed by atoms with Crippen molar-refractivity contribution in [3.8, 4) is 0 Å². The number of rotatable bonds is 3. The maximum Gasteiger partial charge on any atom is 0.255 e. The highest BCUT2D eigenvalue weighted by Gasteiger charge is 2.14. The lowest BCUT2D eigenvalue weighted by molar-refractivity contribution is 0.0947. The van der Waals surface area contributed by atoms with E-state index in [0.717, 1.165) is 5.56 Å². The zero-order valence-corrected chi connectivity index (χ0v) is 9.18. The van der Waals surface area contributed by atoms with Crippen LogP contribution in [-0.2, 0) is 0 Å². The molecular formula is C11H17NO2. The van der Waals surface area contributed by atoms with E-state index in [0.29, 0.717) is 23.8 Å². The molecule has 0 fully saturated rings. The van der Waals surface area contributed by atoms with Gasteiger partial charge in [-0.2, -0.15) is 0 Å². The van der Waals surface area contributed by atoms with Crippen molar-refractivity contribution >= 4 is 5.91 Å². The molecule has 0 unspecified atom stereocenters. The van der Waals surface area contributed by atoms with E-state index in [1.54, 1.807) is 13.2 Å². The molecule has 0 atom stereocenters. The molecule has 78 valence electrons. The Morgan fingerprint density at radius 2 is 2.14 bits per heavy atom. The minimum absolute atomic E-state index is 0.0394. The Morgan fingerprint density at radius 3 is 2.57 bits per heavy atom. The van der Waals surface area contributed by atoms with E-state index < -0.39 is 0 Å². The molecule has 0 bridgehead atoms. The van der Waals surface area contributed by atoms with Gasteiger partial charge in [-0.3, -0.25) is 4.79 Å². The van der Waals surface area contributed by atoms with Crippen LogP contribution < -0.4 is 5.32 Å². The van der Waals surface area contributed by atoms with Gasteiger partial charge in [-0.25, -0.2) is 0 Å². The Balaban J connectivity index is 2.70. The number of nitrogens with one attached hydrogen (secondary N) is 1. The monoisotopic (exact) mass is 195 g/mol. The van der Waals surface area contributed by atoms with Crippen LogP contribution in [0.5, 0.6) is 0 Å². The van der Waals surface area contributed by atoms with Crippen LogP contribution in [0, 0.1) is 19.8 Å². The molecule has 1 aromatic heterocycles. The average Bonchev–Trinajstić information content (AvgIpc) is 2.42. The summed E-state index contributed by atoms with van der Waals surface area (Å²) in [5.74, 6) is 1.11. The second-order valence-electron chi connectivity index (χ2n) is 3.95. The number of hydrogen-bond acceptors (Lipinski definition) is 2. The average molecular weight is 195 g/mol. The fraction of sp³-hybridized carbons (Fsp3) is 0.545. The highest BCUT2D eigenvalue weighted by Crippen LogP contribution is 2.14. The van der Waals surface area contributed by atoms with Gasteiger partial charge >= 0.3 is 0 Å². The maximum atomic E-state index is 11.7. The molecule has 3 heteroatoms. The first-order chi connectivity index (χ1) is 6.52. The van der Waals surface area contributed by atoms with Crippen molar-refractivity contribution < 1.29 is 9.21 Å².